The topological polar surface area (TPSA) is 69.0 Å². The van der Waals surface area contributed by atoms with Gasteiger partial charge in [0.15, 0.2) is 0 Å². The highest BCUT2D eigenvalue weighted by atomic mass is 32.1. The molecular formula is C14H18N4O2S. The van der Waals surface area contributed by atoms with E-state index in [0.29, 0.717) is 17.5 Å². The number of hydrogen-bond donors (Lipinski definition) is 1. The number of thiazole rings is 1. The maximum atomic E-state index is 12.1. The lowest BCUT2D eigenvalue weighted by Gasteiger charge is -2.09. The average Bonchev–Trinajstić information content (AvgIpc) is 3.19. The second kappa shape index (κ2) is 6.36. The van der Waals surface area contributed by atoms with Gasteiger partial charge in [0.05, 0.1) is 18.5 Å². The number of hydrogen-bond acceptors (Lipinski definition) is 5. The van der Waals surface area contributed by atoms with Crippen molar-refractivity contribution in [3.63, 3.8) is 0 Å². The first kappa shape index (κ1) is 14.2. The van der Waals surface area contributed by atoms with Gasteiger partial charge in [0.2, 0.25) is 0 Å². The van der Waals surface area contributed by atoms with E-state index >= 15 is 0 Å². The van der Waals surface area contributed by atoms with Crippen molar-refractivity contribution in [3.05, 3.63) is 23.5 Å². The lowest BCUT2D eigenvalue weighted by atomic mass is 10.2. The Balaban J connectivity index is 1.54. The van der Waals surface area contributed by atoms with Crippen molar-refractivity contribution >= 4 is 17.2 Å². The Morgan fingerprint density at radius 3 is 3.19 bits per heavy atom. The Labute approximate surface area is 127 Å². The smallest absolute Gasteiger partial charge is 0.263 e. The summed E-state index contributed by atoms with van der Waals surface area (Å²) in [6.45, 7) is 1.49. The zero-order chi connectivity index (χ0) is 14.7. The van der Waals surface area contributed by atoms with Crippen LogP contribution in [-0.2, 0) is 11.8 Å². The van der Waals surface area contributed by atoms with Gasteiger partial charge in [-0.3, -0.25) is 9.48 Å². The lowest BCUT2D eigenvalue weighted by molar-refractivity contribution is 0.0910. The summed E-state index contributed by atoms with van der Waals surface area (Å²) in [5.41, 5.74) is 0.931. The molecule has 1 aliphatic heterocycles. The number of aryl methyl sites for hydroxylation is 1. The molecule has 0 bridgehead atoms. The van der Waals surface area contributed by atoms with Crippen molar-refractivity contribution in [2.24, 2.45) is 7.05 Å². The number of nitrogens with zero attached hydrogens (tertiary/aromatic N) is 3. The van der Waals surface area contributed by atoms with Crippen LogP contribution in [0.4, 0.5) is 0 Å². The van der Waals surface area contributed by atoms with Gasteiger partial charge in [0.25, 0.3) is 5.91 Å². The number of aromatic nitrogens is 3. The van der Waals surface area contributed by atoms with E-state index in [-0.39, 0.29) is 5.91 Å². The summed E-state index contributed by atoms with van der Waals surface area (Å²) >= 11 is 1.38. The van der Waals surface area contributed by atoms with E-state index in [0.717, 1.165) is 36.4 Å². The Bertz CT molecular complexity index is 616. The predicted octanol–water partition coefficient (Wildman–Crippen LogP) is 1.84. The minimum atomic E-state index is -0.0689. The van der Waals surface area contributed by atoms with E-state index in [2.05, 4.69) is 15.4 Å². The molecule has 1 fully saturated rings. The zero-order valence-electron chi connectivity index (χ0n) is 11.9. The van der Waals surface area contributed by atoms with Crippen LogP contribution in [0.2, 0.25) is 0 Å². The highest BCUT2D eigenvalue weighted by molar-refractivity contribution is 7.16. The van der Waals surface area contributed by atoms with Crippen molar-refractivity contribution in [3.8, 4) is 10.6 Å². The Morgan fingerprint density at radius 1 is 1.57 bits per heavy atom. The second-order valence-electron chi connectivity index (χ2n) is 5.11. The van der Waals surface area contributed by atoms with Crippen LogP contribution in [0, 0.1) is 0 Å². The molecule has 21 heavy (non-hydrogen) atoms. The van der Waals surface area contributed by atoms with Crippen molar-refractivity contribution in [2.75, 3.05) is 13.2 Å². The van der Waals surface area contributed by atoms with Gasteiger partial charge in [-0.25, -0.2) is 4.98 Å². The molecule has 7 heteroatoms. The van der Waals surface area contributed by atoms with Crippen molar-refractivity contribution < 1.29 is 9.53 Å². The molecule has 1 atom stereocenters. The first-order chi connectivity index (χ1) is 10.2. The molecule has 0 spiro atoms. The van der Waals surface area contributed by atoms with Gasteiger partial charge in [-0.1, -0.05) is 0 Å². The fourth-order valence-electron chi connectivity index (χ4n) is 2.35. The number of rotatable bonds is 5. The van der Waals surface area contributed by atoms with Crippen LogP contribution in [0.15, 0.2) is 18.6 Å². The lowest BCUT2D eigenvalue weighted by Crippen LogP contribution is -2.26. The maximum absolute atomic E-state index is 12.1. The molecule has 2 aromatic heterocycles. The normalized spacial score (nSPS) is 18.0. The third kappa shape index (κ3) is 3.48. The zero-order valence-corrected chi connectivity index (χ0v) is 12.7. The molecule has 112 valence electrons. The molecule has 3 heterocycles. The fraction of sp³-hybridized carbons (Fsp3) is 0.500. The summed E-state index contributed by atoms with van der Waals surface area (Å²) in [7, 11) is 1.86. The van der Waals surface area contributed by atoms with Gasteiger partial charge in [-0.15, -0.1) is 11.3 Å². The number of nitrogens with one attached hydrogen (secondary N) is 1. The molecule has 0 radical (unpaired) electrons. The first-order valence-electron chi connectivity index (χ1n) is 7.07. The van der Waals surface area contributed by atoms with Gasteiger partial charge in [-0.05, 0) is 19.3 Å². The molecule has 3 rings (SSSR count). The molecule has 1 saturated heterocycles. The maximum Gasteiger partial charge on any atom is 0.263 e. The average molecular weight is 306 g/mol. The van der Waals surface area contributed by atoms with E-state index in [1.165, 1.54) is 11.3 Å². The third-order valence-electron chi connectivity index (χ3n) is 3.46. The fourth-order valence-corrected chi connectivity index (χ4v) is 3.16. The van der Waals surface area contributed by atoms with Gasteiger partial charge in [-0.2, -0.15) is 5.10 Å². The minimum Gasteiger partial charge on any atom is -0.378 e. The summed E-state index contributed by atoms with van der Waals surface area (Å²) in [6, 6.07) is 0. The molecule has 0 unspecified atom stereocenters. The Hall–Kier alpha value is -1.73. The van der Waals surface area contributed by atoms with Crippen LogP contribution in [0.3, 0.4) is 0 Å². The van der Waals surface area contributed by atoms with Gasteiger partial charge in [0.1, 0.15) is 9.88 Å². The molecule has 0 saturated carbocycles. The van der Waals surface area contributed by atoms with Crippen LogP contribution < -0.4 is 5.32 Å². The molecule has 1 amide bonds. The molecule has 0 aromatic carbocycles. The molecule has 1 aliphatic rings. The van der Waals surface area contributed by atoms with E-state index in [4.69, 9.17) is 4.74 Å². The van der Waals surface area contributed by atoms with E-state index in [1.807, 2.05) is 13.2 Å². The Kier molecular flexibility index (Phi) is 4.31. The standard InChI is InChI=1S/C14H18N4O2S/c1-18-9-10(7-17-18)14-16-8-12(21-14)13(19)15-5-4-11-3-2-6-20-11/h7-9,11H,2-6H2,1H3,(H,15,19)/t11-/m1/s1. The predicted molar refractivity (Wildman–Crippen MR) is 80.2 cm³/mol. The highest BCUT2D eigenvalue weighted by Gasteiger charge is 2.16. The van der Waals surface area contributed by atoms with Crippen LogP contribution in [-0.4, -0.2) is 39.9 Å². The van der Waals surface area contributed by atoms with Crippen LogP contribution in [0.5, 0.6) is 0 Å². The largest absolute Gasteiger partial charge is 0.378 e. The monoisotopic (exact) mass is 306 g/mol. The van der Waals surface area contributed by atoms with Crippen molar-refractivity contribution in [1.82, 2.24) is 20.1 Å². The number of amides is 1. The molecule has 2 aromatic rings. The van der Waals surface area contributed by atoms with Crippen molar-refractivity contribution in [1.29, 1.82) is 0 Å². The molecule has 0 aliphatic carbocycles. The summed E-state index contributed by atoms with van der Waals surface area (Å²) in [6.07, 6.45) is 8.66. The van der Waals surface area contributed by atoms with Crippen LogP contribution in [0.25, 0.3) is 10.6 Å². The highest BCUT2D eigenvalue weighted by Crippen LogP contribution is 2.24. The van der Waals surface area contributed by atoms with E-state index in [1.54, 1.807) is 17.1 Å². The summed E-state index contributed by atoms with van der Waals surface area (Å²) < 4.78 is 7.25. The minimum absolute atomic E-state index is 0.0689. The van der Waals surface area contributed by atoms with Gasteiger partial charge < -0.3 is 10.1 Å². The summed E-state index contributed by atoms with van der Waals surface area (Å²) in [4.78, 5) is 17.0. The van der Waals surface area contributed by atoms with E-state index < -0.39 is 0 Å². The van der Waals surface area contributed by atoms with Crippen molar-refractivity contribution in [2.45, 2.75) is 25.4 Å². The molecule has 6 nitrogen and oxygen atoms in total. The quantitative estimate of drug-likeness (QED) is 0.915. The van der Waals surface area contributed by atoms with Gasteiger partial charge >= 0.3 is 0 Å². The molecular weight excluding hydrogens is 288 g/mol. The summed E-state index contributed by atoms with van der Waals surface area (Å²) in [5, 5.41) is 7.85. The molecule has 1 N–H and O–H groups in total. The number of carbonyl (C=O) groups is 1. The summed E-state index contributed by atoms with van der Waals surface area (Å²) in [5.74, 6) is -0.0689. The van der Waals surface area contributed by atoms with Gasteiger partial charge in [0, 0.05) is 32.0 Å². The second-order valence-corrected chi connectivity index (χ2v) is 6.14. The van der Waals surface area contributed by atoms with E-state index in [9.17, 15) is 4.79 Å². The third-order valence-corrected chi connectivity index (χ3v) is 4.50. The van der Waals surface area contributed by atoms with Crippen LogP contribution in [0.1, 0.15) is 28.9 Å². The number of ether oxygens (including phenoxy) is 1. The number of carbonyl (C=O) groups excluding carboxylic acids is 1. The Morgan fingerprint density at radius 2 is 2.48 bits per heavy atom. The SMILES string of the molecule is Cn1cc(-c2ncc(C(=O)NCC[C@H]3CCCO3)s2)cn1. The van der Waals surface area contributed by atoms with Crippen LogP contribution >= 0.6 is 11.3 Å². The first-order valence-corrected chi connectivity index (χ1v) is 7.88.